The summed E-state index contributed by atoms with van der Waals surface area (Å²) < 4.78 is 31.8. The second-order valence-corrected chi connectivity index (χ2v) is 19.9. The van der Waals surface area contributed by atoms with Crippen LogP contribution in [0.2, 0.25) is 0 Å². The van der Waals surface area contributed by atoms with Gasteiger partial charge in [0.2, 0.25) is 0 Å². The van der Waals surface area contributed by atoms with Gasteiger partial charge < -0.3 is 28.8 Å². The predicted octanol–water partition coefficient (Wildman–Crippen LogP) is 9.90. The van der Waals surface area contributed by atoms with E-state index in [1.54, 1.807) is 12.2 Å². The molecule has 6 fully saturated rings. The fourth-order valence-corrected chi connectivity index (χ4v) is 12.7. The molecular formula is C52H72O9. The molecule has 14 atom stereocenters. The van der Waals surface area contributed by atoms with Crippen LogP contribution in [0.1, 0.15) is 119 Å². The van der Waals surface area contributed by atoms with Crippen LogP contribution in [0.5, 0.6) is 0 Å². The molecule has 2 aromatic rings. The number of aliphatic hydroxyl groups excluding tert-OH is 1. The Hall–Kier alpha value is -3.79. The Morgan fingerprint density at radius 3 is 1.54 bits per heavy atom. The summed E-state index contributed by atoms with van der Waals surface area (Å²) in [7, 11) is 0. The minimum Gasteiger partial charge on any atom is -0.457 e. The summed E-state index contributed by atoms with van der Waals surface area (Å²) in [6.45, 7) is 19.1. The molecule has 6 aliphatic rings. The molecule has 2 saturated carbocycles. The van der Waals surface area contributed by atoms with Gasteiger partial charge in [0.15, 0.2) is 0 Å². The van der Waals surface area contributed by atoms with Gasteiger partial charge in [-0.3, -0.25) is 0 Å². The molecule has 8 rings (SSSR count). The third-order valence-corrected chi connectivity index (χ3v) is 16.1. The molecule has 4 heterocycles. The number of carbonyl (C=O) groups is 3. The van der Waals surface area contributed by atoms with E-state index < -0.39 is 36.0 Å². The fourth-order valence-electron chi connectivity index (χ4n) is 12.7. The molecule has 61 heavy (non-hydrogen) atoms. The number of ether oxygens (including phenoxy) is 5. The van der Waals surface area contributed by atoms with E-state index in [0.717, 1.165) is 30.4 Å². The molecule has 0 radical (unpaired) electrons. The Morgan fingerprint density at radius 1 is 0.672 bits per heavy atom. The van der Waals surface area contributed by atoms with E-state index in [2.05, 4.69) is 55.4 Å². The van der Waals surface area contributed by atoms with Crippen LogP contribution >= 0.6 is 0 Å². The highest BCUT2D eigenvalue weighted by Crippen LogP contribution is 2.65. The standard InChI is InChI=1S/C26H34O6.C25H34O3.CH4/c1-16(2)26-14-20(30-22(29)15-27)25(4,32-26)19-12-10-17(3)23(19)24(26)31-21(28)13-11-18-8-6-5-7-9-18;1-16(2)25-15-18(4)24(5,28-25)20-13-11-17(3)22(20)23(25)27-21(26)14-12-19-9-7-6-8-10-19;/h5-9,11,13,16-17,19-20,23-24,27H,10,12,14-15H2,1-4H3;6-10,12,14,16-18,20,22-23H,11,13,15H2,1-5H3;1H4/b13-11+;14-12+;. The van der Waals surface area contributed by atoms with Gasteiger partial charge in [-0.25, -0.2) is 14.4 Å². The number of esters is 3. The summed E-state index contributed by atoms with van der Waals surface area (Å²) in [4.78, 5) is 37.7. The van der Waals surface area contributed by atoms with Crippen LogP contribution in [-0.4, -0.2) is 70.3 Å². The van der Waals surface area contributed by atoms with E-state index in [1.165, 1.54) is 18.9 Å². The third-order valence-electron chi connectivity index (χ3n) is 16.1. The van der Waals surface area contributed by atoms with Gasteiger partial charge in [0.05, 0.1) is 5.60 Å². The molecule has 0 aromatic heterocycles. The van der Waals surface area contributed by atoms with Gasteiger partial charge >= 0.3 is 17.9 Å². The maximum atomic E-state index is 12.9. The van der Waals surface area contributed by atoms with Crippen molar-refractivity contribution in [3.63, 3.8) is 0 Å². The number of carbonyl (C=O) groups excluding carboxylic acids is 3. The number of hydrogen-bond acceptors (Lipinski definition) is 9. The molecule has 9 nitrogen and oxygen atoms in total. The number of hydrogen-bond donors (Lipinski definition) is 1. The monoisotopic (exact) mass is 841 g/mol. The molecule has 14 unspecified atom stereocenters. The van der Waals surface area contributed by atoms with Gasteiger partial charge in [0.25, 0.3) is 0 Å². The van der Waals surface area contributed by atoms with E-state index >= 15 is 0 Å². The van der Waals surface area contributed by atoms with Gasteiger partial charge in [-0.2, -0.15) is 0 Å². The molecule has 0 spiro atoms. The van der Waals surface area contributed by atoms with Crippen molar-refractivity contribution in [3.8, 4) is 0 Å². The van der Waals surface area contributed by atoms with Crippen molar-refractivity contribution in [2.24, 2.45) is 53.3 Å². The van der Waals surface area contributed by atoms with Crippen molar-refractivity contribution < 1.29 is 43.2 Å². The summed E-state index contributed by atoms with van der Waals surface area (Å²) in [5, 5.41) is 9.25. The molecule has 1 N–H and O–H groups in total. The van der Waals surface area contributed by atoms with Crippen LogP contribution in [0.3, 0.4) is 0 Å². The topological polar surface area (TPSA) is 118 Å². The maximum absolute atomic E-state index is 12.9. The zero-order valence-corrected chi connectivity index (χ0v) is 37.2. The molecule has 334 valence electrons. The predicted molar refractivity (Wildman–Crippen MR) is 238 cm³/mol. The first-order valence-electron chi connectivity index (χ1n) is 22.6. The van der Waals surface area contributed by atoms with E-state index in [0.29, 0.717) is 41.9 Å². The first-order valence-corrected chi connectivity index (χ1v) is 22.6. The highest BCUT2D eigenvalue weighted by atomic mass is 16.6. The summed E-state index contributed by atoms with van der Waals surface area (Å²) in [6, 6.07) is 19.5. The van der Waals surface area contributed by atoms with E-state index in [1.807, 2.05) is 73.7 Å². The Balaban J connectivity index is 0.000000202. The van der Waals surface area contributed by atoms with Crippen molar-refractivity contribution in [1.29, 1.82) is 0 Å². The van der Waals surface area contributed by atoms with Gasteiger partial charge in [-0.1, -0.05) is 117 Å². The van der Waals surface area contributed by atoms with Crippen molar-refractivity contribution in [1.82, 2.24) is 0 Å². The van der Waals surface area contributed by atoms with Crippen molar-refractivity contribution >= 4 is 30.1 Å². The Labute approximate surface area is 365 Å². The summed E-state index contributed by atoms with van der Waals surface area (Å²) in [6.07, 6.45) is 11.3. The Kier molecular flexibility index (Phi) is 13.9. The van der Waals surface area contributed by atoms with Gasteiger partial charge in [-0.15, -0.1) is 0 Å². The minimum atomic E-state index is -0.745. The SMILES string of the molecule is C.CC1CCC2C1C(OC(=O)/C=C/c1ccccc1)C1(C(C)C)CC(C)C2(C)O1.CC1CCC2C1C(OC(=O)/C=C/c1ccccc1)C1(C(C)C)CC(OC(=O)CO)C2(C)O1. The van der Waals surface area contributed by atoms with Crippen LogP contribution in [0.25, 0.3) is 12.2 Å². The lowest BCUT2D eigenvalue weighted by molar-refractivity contribution is -0.264. The lowest BCUT2D eigenvalue weighted by Crippen LogP contribution is -2.62. The molecule has 4 bridgehead atoms. The molecule has 4 saturated heterocycles. The third kappa shape index (κ3) is 8.40. The summed E-state index contributed by atoms with van der Waals surface area (Å²) >= 11 is 0. The largest absolute Gasteiger partial charge is 0.457 e. The van der Waals surface area contributed by atoms with Crippen molar-refractivity contribution in [2.75, 3.05) is 6.61 Å². The Morgan fingerprint density at radius 2 is 1.10 bits per heavy atom. The average molecular weight is 841 g/mol. The molecule has 0 amide bonds. The van der Waals surface area contributed by atoms with E-state index in [9.17, 15) is 19.5 Å². The second-order valence-electron chi connectivity index (χ2n) is 19.9. The smallest absolute Gasteiger partial charge is 0.332 e. The fraction of sp³-hybridized carbons (Fsp3) is 0.635. The van der Waals surface area contributed by atoms with Gasteiger partial charge in [0.1, 0.15) is 41.7 Å². The zero-order chi connectivity index (χ0) is 43.2. The molecule has 2 aromatic carbocycles. The van der Waals surface area contributed by atoms with E-state index in [4.69, 9.17) is 23.7 Å². The van der Waals surface area contributed by atoms with Crippen LogP contribution in [0.4, 0.5) is 0 Å². The molecule has 2 aliphatic carbocycles. The van der Waals surface area contributed by atoms with Crippen LogP contribution in [0, 0.1) is 53.3 Å². The highest BCUT2D eigenvalue weighted by Gasteiger charge is 2.73. The highest BCUT2D eigenvalue weighted by molar-refractivity contribution is 5.88. The lowest BCUT2D eigenvalue weighted by atomic mass is 9.69. The van der Waals surface area contributed by atoms with Crippen molar-refractivity contribution in [2.45, 2.75) is 149 Å². The summed E-state index contributed by atoms with van der Waals surface area (Å²) in [5.41, 5.74) is 0.0667. The lowest BCUT2D eigenvalue weighted by Gasteiger charge is -2.53. The summed E-state index contributed by atoms with van der Waals surface area (Å²) in [5.74, 6) is 1.58. The average Bonchev–Trinajstić information content (AvgIpc) is 3.95. The van der Waals surface area contributed by atoms with Crippen LogP contribution in [0.15, 0.2) is 72.8 Å². The number of benzene rings is 2. The first kappa shape index (κ1) is 46.7. The minimum absolute atomic E-state index is 0. The number of aliphatic hydroxyl groups is 1. The van der Waals surface area contributed by atoms with Crippen molar-refractivity contribution in [3.05, 3.63) is 83.9 Å². The molecular weight excluding hydrogens is 769 g/mol. The van der Waals surface area contributed by atoms with Crippen LogP contribution < -0.4 is 0 Å². The van der Waals surface area contributed by atoms with Gasteiger partial charge in [0, 0.05) is 30.4 Å². The molecule has 9 heteroatoms. The van der Waals surface area contributed by atoms with Gasteiger partial charge in [-0.05, 0) is 111 Å². The number of fused-ring (bicyclic) bond motifs is 8. The quantitative estimate of drug-likeness (QED) is 0.142. The Bertz CT molecular complexity index is 1910. The number of rotatable bonds is 10. The van der Waals surface area contributed by atoms with Crippen LogP contribution in [-0.2, 0) is 38.1 Å². The second kappa shape index (κ2) is 18.1. The molecule has 4 aliphatic heterocycles. The van der Waals surface area contributed by atoms with E-state index in [-0.39, 0.29) is 54.4 Å². The normalized spacial score (nSPS) is 39.3. The first-order chi connectivity index (χ1) is 28.5. The maximum Gasteiger partial charge on any atom is 0.332 e. The zero-order valence-electron chi connectivity index (χ0n) is 37.2.